The number of aromatic nitrogens is 1. The van der Waals surface area contributed by atoms with Gasteiger partial charge in [0.15, 0.2) is 5.69 Å². The molecule has 0 fully saturated rings. The molecule has 0 saturated carbocycles. The molecular weight excluding hydrogens is 214 g/mol. The van der Waals surface area contributed by atoms with Crippen LogP contribution in [0.3, 0.4) is 0 Å². The number of carbonyl (C=O) groups excluding carboxylic acids is 1. The number of hydrogen-bond donors (Lipinski definition) is 0. The van der Waals surface area contributed by atoms with Gasteiger partial charge in [0.25, 0.3) is 0 Å². The summed E-state index contributed by atoms with van der Waals surface area (Å²) in [6.45, 7) is 5.38. The molecule has 0 unspecified atom stereocenters. The minimum atomic E-state index is -0.365. The van der Waals surface area contributed by atoms with Crippen LogP contribution in [0.1, 0.15) is 35.8 Å². The van der Waals surface area contributed by atoms with Gasteiger partial charge in [-0.3, -0.25) is 0 Å². The topological polar surface area (TPSA) is 48.4 Å². The van der Waals surface area contributed by atoms with Gasteiger partial charge in [-0.1, -0.05) is 6.92 Å². The van der Waals surface area contributed by atoms with Crippen molar-refractivity contribution in [3.8, 4) is 0 Å². The number of rotatable bonds is 6. The smallest absolute Gasteiger partial charge is 0.357 e. The molecule has 0 saturated heterocycles. The molecule has 0 aliphatic carbocycles. The molecule has 15 heavy (non-hydrogen) atoms. The zero-order valence-electron chi connectivity index (χ0n) is 8.99. The van der Waals surface area contributed by atoms with Gasteiger partial charge in [0.2, 0.25) is 0 Å². The van der Waals surface area contributed by atoms with Gasteiger partial charge in [-0.2, -0.15) is 0 Å². The summed E-state index contributed by atoms with van der Waals surface area (Å²) >= 11 is 1.42. The summed E-state index contributed by atoms with van der Waals surface area (Å²) in [6, 6.07) is 0. The van der Waals surface area contributed by atoms with E-state index in [-0.39, 0.29) is 5.97 Å². The predicted molar refractivity (Wildman–Crippen MR) is 58.0 cm³/mol. The summed E-state index contributed by atoms with van der Waals surface area (Å²) in [5.74, 6) is -0.365. The van der Waals surface area contributed by atoms with Crippen molar-refractivity contribution in [3.05, 3.63) is 16.1 Å². The Bertz CT molecular complexity index is 311. The number of hydrogen-bond acceptors (Lipinski definition) is 5. The van der Waals surface area contributed by atoms with Crippen molar-refractivity contribution in [1.82, 2.24) is 4.98 Å². The lowest BCUT2D eigenvalue weighted by molar-refractivity contribution is 0.0519. The standard InChI is InChI=1S/C10H15NO3S/c1-3-5-13-6-9-11-8(7-15-9)10(12)14-4-2/h7H,3-6H2,1-2H3. The van der Waals surface area contributed by atoms with Crippen molar-refractivity contribution in [1.29, 1.82) is 0 Å². The molecule has 1 aromatic rings. The van der Waals surface area contributed by atoms with Crippen molar-refractivity contribution in [3.63, 3.8) is 0 Å². The van der Waals surface area contributed by atoms with Crippen LogP contribution in [0.25, 0.3) is 0 Å². The van der Waals surface area contributed by atoms with Gasteiger partial charge >= 0.3 is 5.97 Å². The Morgan fingerprint density at radius 2 is 2.33 bits per heavy atom. The Morgan fingerprint density at radius 1 is 1.53 bits per heavy atom. The second kappa shape index (κ2) is 6.53. The van der Waals surface area contributed by atoms with Crippen LogP contribution in [0.4, 0.5) is 0 Å². The fourth-order valence-electron chi connectivity index (χ4n) is 0.980. The van der Waals surface area contributed by atoms with E-state index in [9.17, 15) is 4.79 Å². The fraction of sp³-hybridized carbons (Fsp3) is 0.600. The summed E-state index contributed by atoms with van der Waals surface area (Å²) in [5.41, 5.74) is 0.372. The lowest BCUT2D eigenvalue weighted by Crippen LogP contribution is -2.05. The van der Waals surface area contributed by atoms with Gasteiger partial charge in [-0.05, 0) is 13.3 Å². The van der Waals surface area contributed by atoms with E-state index in [4.69, 9.17) is 9.47 Å². The molecule has 1 heterocycles. The summed E-state index contributed by atoms with van der Waals surface area (Å²) in [6.07, 6.45) is 0.982. The fourth-order valence-corrected chi connectivity index (χ4v) is 1.68. The van der Waals surface area contributed by atoms with E-state index >= 15 is 0 Å². The highest BCUT2D eigenvalue weighted by Gasteiger charge is 2.11. The van der Waals surface area contributed by atoms with Gasteiger partial charge < -0.3 is 9.47 Å². The van der Waals surface area contributed by atoms with Crippen molar-refractivity contribution in [2.24, 2.45) is 0 Å². The number of nitrogens with zero attached hydrogens (tertiary/aromatic N) is 1. The van der Waals surface area contributed by atoms with Gasteiger partial charge in [-0.25, -0.2) is 9.78 Å². The van der Waals surface area contributed by atoms with E-state index in [0.29, 0.717) is 25.5 Å². The molecule has 0 aromatic carbocycles. The maximum absolute atomic E-state index is 11.3. The highest BCUT2D eigenvalue weighted by molar-refractivity contribution is 7.09. The summed E-state index contributed by atoms with van der Waals surface area (Å²) in [7, 11) is 0. The molecule has 1 rings (SSSR count). The molecule has 0 aliphatic heterocycles. The first kappa shape index (κ1) is 12.1. The van der Waals surface area contributed by atoms with E-state index in [1.165, 1.54) is 11.3 Å². The van der Waals surface area contributed by atoms with E-state index in [0.717, 1.165) is 11.4 Å². The quantitative estimate of drug-likeness (QED) is 0.554. The second-order valence-electron chi connectivity index (χ2n) is 2.90. The largest absolute Gasteiger partial charge is 0.461 e. The molecule has 0 spiro atoms. The number of esters is 1. The zero-order chi connectivity index (χ0) is 11.1. The van der Waals surface area contributed by atoms with Gasteiger partial charge in [-0.15, -0.1) is 11.3 Å². The first-order chi connectivity index (χ1) is 7.27. The average molecular weight is 229 g/mol. The minimum absolute atomic E-state index is 0.365. The lowest BCUT2D eigenvalue weighted by atomic mass is 10.5. The molecule has 0 bridgehead atoms. The van der Waals surface area contributed by atoms with Gasteiger partial charge in [0.1, 0.15) is 5.01 Å². The van der Waals surface area contributed by atoms with Crippen LogP contribution in [0.5, 0.6) is 0 Å². The van der Waals surface area contributed by atoms with Crippen LogP contribution < -0.4 is 0 Å². The van der Waals surface area contributed by atoms with Gasteiger partial charge in [0.05, 0.1) is 13.2 Å². The zero-order valence-corrected chi connectivity index (χ0v) is 9.80. The number of ether oxygens (including phenoxy) is 2. The van der Waals surface area contributed by atoms with Crippen LogP contribution >= 0.6 is 11.3 Å². The van der Waals surface area contributed by atoms with Crippen LogP contribution in [-0.4, -0.2) is 24.2 Å². The van der Waals surface area contributed by atoms with E-state index in [2.05, 4.69) is 4.98 Å². The number of carbonyl (C=O) groups is 1. The molecule has 0 N–H and O–H groups in total. The number of thiazole rings is 1. The molecule has 0 radical (unpaired) electrons. The first-order valence-electron chi connectivity index (χ1n) is 4.97. The Balaban J connectivity index is 2.45. The van der Waals surface area contributed by atoms with E-state index in [1.54, 1.807) is 12.3 Å². The predicted octanol–water partition coefficient (Wildman–Crippen LogP) is 2.25. The van der Waals surface area contributed by atoms with E-state index in [1.807, 2.05) is 6.92 Å². The minimum Gasteiger partial charge on any atom is -0.461 e. The lowest BCUT2D eigenvalue weighted by Gasteiger charge is -1.98. The molecule has 0 atom stereocenters. The molecule has 0 amide bonds. The molecule has 84 valence electrons. The van der Waals surface area contributed by atoms with Gasteiger partial charge in [0, 0.05) is 12.0 Å². The van der Waals surface area contributed by atoms with Crippen LogP contribution in [0.2, 0.25) is 0 Å². The summed E-state index contributed by atoms with van der Waals surface area (Å²) < 4.78 is 10.1. The highest BCUT2D eigenvalue weighted by Crippen LogP contribution is 2.11. The maximum atomic E-state index is 11.3. The van der Waals surface area contributed by atoms with Crippen molar-refractivity contribution >= 4 is 17.3 Å². The highest BCUT2D eigenvalue weighted by atomic mass is 32.1. The van der Waals surface area contributed by atoms with E-state index < -0.39 is 0 Å². The Labute approximate surface area is 93.2 Å². The summed E-state index contributed by atoms with van der Waals surface area (Å²) in [5, 5.41) is 2.51. The Morgan fingerprint density at radius 3 is 3.00 bits per heavy atom. The second-order valence-corrected chi connectivity index (χ2v) is 3.84. The van der Waals surface area contributed by atoms with Crippen molar-refractivity contribution in [2.45, 2.75) is 26.9 Å². The molecular formula is C10H15NO3S. The van der Waals surface area contributed by atoms with Crippen LogP contribution in [-0.2, 0) is 16.1 Å². The maximum Gasteiger partial charge on any atom is 0.357 e. The Hall–Kier alpha value is -0.940. The average Bonchev–Trinajstić information content (AvgIpc) is 2.67. The normalized spacial score (nSPS) is 10.3. The van der Waals surface area contributed by atoms with Crippen LogP contribution in [0.15, 0.2) is 5.38 Å². The third-order valence-electron chi connectivity index (χ3n) is 1.61. The van der Waals surface area contributed by atoms with Crippen molar-refractivity contribution < 1.29 is 14.3 Å². The SMILES string of the molecule is CCCOCc1nc(C(=O)OCC)cs1. The molecule has 5 heteroatoms. The van der Waals surface area contributed by atoms with Crippen molar-refractivity contribution in [2.75, 3.05) is 13.2 Å². The Kier molecular flexibility index (Phi) is 5.28. The monoisotopic (exact) mass is 229 g/mol. The van der Waals surface area contributed by atoms with Crippen LogP contribution in [0, 0.1) is 0 Å². The first-order valence-corrected chi connectivity index (χ1v) is 5.85. The molecule has 1 aromatic heterocycles. The molecule has 0 aliphatic rings. The molecule has 4 nitrogen and oxygen atoms in total. The third kappa shape index (κ3) is 3.97. The third-order valence-corrected chi connectivity index (χ3v) is 2.43. The summed E-state index contributed by atoms with van der Waals surface area (Å²) in [4.78, 5) is 15.4.